The van der Waals surface area contributed by atoms with Crippen LogP contribution in [-0.4, -0.2) is 37.9 Å². The van der Waals surface area contributed by atoms with Gasteiger partial charge in [-0.05, 0) is 61.9 Å². The summed E-state index contributed by atoms with van der Waals surface area (Å²) < 4.78 is 39.0. The Morgan fingerprint density at radius 1 is 1.22 bits per heavy atom. The smallest absolute Gasteiger partial charge is 0.383 e. The van der Waals surface area contributed by atoms with E-state index in [0.29, 0.717) is 36.4 Å². The quantitative estimate of drug-likeness (QED) is 0.338. The molecule has 0 aliphatic heterocycles. The molecule has 196 valence electrons. The number of aromatic nitrogens is 3. The summed E-state index contributed by atoms with van der Waals surface area (Å²) in [4.78, 5) is 35.3. The van der Waals surface area contributed by atoms with Gasteiger partial charge in [0.1, 0.15) is 22.7 Å². The highest BCUT2D eigenvalue weighted by molar-refractivity contribution is 7.15. The number of carbonyl (C=O) groups is 2. The second-order valence-corrected chi connectivity index (χ2v) is 10.1. The van der Waals surface area contributed by atoms with E-state index in [0.717, 1.165) is 28.3 Å². The molecule has 0 bridgehead atoms. The molecule has 13 heteroatoms. The van der Waals surface area contributed by atoms with Gasteiger partial charge < -0.3 is 21.5 Å². The SMILES string of the molecule is Cc1cc(Nc2nccc(C(F)(F)F)n2)cc(-c2cnc(C3(O)CCC(NC(=O)CC(N)=O)CC3)s2)c1. The molecule has 2 heterocycles. The molecule has 5 N–H and O–H groups in total. The van der Waals surface area contributed by atoms with Crippen molar-refractivity contribution in [2.75, 3.05) is 5.32 Å². The molecule has 3 aromatic rings. The van der Waals surface area contributed by atoms with Gasteiger partial charge in [-0.1, -0.05) is 6.07 Å². The average Bonchev–Trinajstić information content (AvgIpc) is 3.31. The first kappa shape index (κ1) is 26.5. The largest absolute Gasteiger partial charge is 0.433 e. The van der Waals surface area contributed by atoms with E-state index in [-0.39, 0.29) is 18.4 Å². The zero-order valence-electron chi connectivity index (χ0n) is 19.8. The second kappa shape index (κ2) is 10.4. The molecule has 2 amide bonds. The third-order valence-corrected chi connectivity index (χ3v) is 7.22. The van der Waals surface area contributed by atoms with Gasteiger partial charge >= 0.3 is 6.18 Å². The van der Waals surface area contributed by atoms with Crippen molar-refractivity contribution in [1.29, 1.82) is 0 Å². The second-order valence-electron chi connectivity index (χ2n) is 9.02. The van der Waals surface area contributed by atoms with Crippen molar-refractivity contribution in [3.05, 3.63) is 52.9 Å². The van der Waals surface area contributed by atoms with Crippen LogP contribution in [0.25, 0.3) is 10.4 Å². The summed E-state index contributed by atoms with van der Waals surface area (Å²) in [6, 6.07) is 6.07. The van der Waals surface area contributed by atoms with Crippen molar-refractivity contribution < 1.29 is 27.9 Å². The predicted octanol–water partition coefficient (Wildman–Crippen LogP) is 3.79. The standard InChI is InChI=1S/C24H25F3N6O3S/c1-13-8-14(10-16(9-13)32-22-29-7-4-18(33-22)24(25,26)27)17-12-30-21(37-17)23(36)5-2-15(3-6-23)31-20(35)11-19(28)34/h4,7-10,12,15,36H,2-3,5-6,11H2,1H3,(H2,28,34)(H,31,35)(H,29,32,33). The summed E-state index contributed by atoms with van der Waals surface area (Å²) in [6.07, 6.45) is -0.448. The number of nitrogens with two attached hydrogens (primary N) is 1. The van der Waals surface area contributed by atoms with Crippen LogP contribution in [0.1, 0.15) is 48.4 Å². The van der Waals surface area contributed by atoms with Crippen molar-refractivity contribution in [2.24, 2.45) is 5.73 Å². The van der Waals surface area contributed by atoms with E-state index < -0.39 is 29.3 Å². The summed E-state index contributed by atoms with van der Waals surface area (Å²) in [5.74, 6) is -1.30. The zero-order valence-corrected chi connectivity index (χ0v) is 20.6. The van der Waals surface area contributed by atoms with Gasteiger partial charge in [0.2, 0.25) is 17.8 Å². The van der Waals surface area contributed by atoms with Crippen molar-refractivity contribution in [1.82, 2.24) is 20.3 Å². The first-order chi connectivity index (χ1) is 17.4. The molecule has 1 aliphatic rings. The molecule has 4 rings (SSSR count). The molecule has 0 spiro atoms. The number of anilines is 2. The average molecular weight is 535 g/mol. The number of benzene rings is 1. The number of rotatable bonds is 7. The van der Waals surface area contributed by atoms with E-state index >= 15 is 0 Å². The molecule has 1 aliphatic carbocycles. The Kier molecular flexibility index (Phi) is 7.46. The third kappa shape index (κ3) is 6.60. The van der Waals surface area contributed by atoms with Gasteiger partial charge in [0.25, 0.3) is 0 Å². The van der Waals surface area contributed by atoms with Gasteiger partial charge in [0.15, 0.2) is 0 Å². The van der Waals surface area contributed by atoms with Gasteiger partial charge in [-0.2, -0.15) is 13.2 Å². The van der Waals surface area contributed by atoms with Crippen LogP contribution >= 0.6 is 11.3 Å². The van der Waals surface area contributed by atoms with Crippen LogP contribution in [0.5, 0.6) is 0 Å². The maximum atomic E-state index is 13.0. The fourth-order valence-corrected chi connectivity index (χ4v) is 5.27. The van der Waals surface area contributed by atoms with Crippen LogP contribution in [0, 0.1) is 6.92 Å². The highest BCUT2D eigenvalue weighted by Crippen LogP contribution is 2.41. The fraction of sp³-hybridized carbons (Fsp3) is 0.375. The molecule has 2 aromatic heterocycles. The normalized spacial score (nSPS) is 19.9. The molecule has 1 saturated carbocycles. The maximum absolute atomic E-state index is 13.0. The van der Waals surface area contributed by atoms with Crippen LogP contribution in [0.15, 0.2) is 36.7 Å². The Labute approximate surface area is 214 Å². The topological polar surface area (TPSA) is 143 Å². The van der Waals surface area contributed by atoms with Crippen molar-refractivity contribution in [3.8, 4) is 10.4 Å². The van der Waals surface area contributed by atoms with E-state index in [1.54, 1.807) is 18.3 Å². The van der Waals surface area contributed by atoms with Crippen LogP contribution < -0.4 is 16.4 Å². The van der Waals surface area contributed by atoms with Gasteiger partial charge in [-0.3, -0.25) is 9.59 Å². The van der Waals surface area contributed by atoms with E-state index in [2.05, 4.69) is 25.6 Å². The van der Waals surface area contributed by atoms with Crippen LogP contribution in [0.2, 0.25) is 0 Å². The van der Waals surface area contributed by atoms with E-state index in [9.17, 15) is 27.9 Å². The molecular formula is C24H25F3N6O3S. The van der Waals surface area contributed by atoms with Crippen molar-refractivity contribution in [2.45, 2.75) is 56.8 Å². The number of alkyl halides is 3. The Morgan fingerprint density at radius 3 is 2.62 bits per heavy atom. The third-order valence-electron chi connectivity index (χ3n) is 5.98. The fourth-order valence-electron chi connectivity index (χ4n) is 4.22. The molecule has 1 fully saturated rings. The van der Waals surface area contributed by atoms with Crippen molar-refractivity contribution in [3.63, 3.8) is 0 Å². The number of aliphatic hydroxyl groups is 1. The first-order valence-corrected chi connectivity index (χ1v) is 12.3. The van der Waals surface area contributed by atoms with Gasteiger partial charge in [0.05, 0.1) is 4.88 Å². The Balaban J connectivity index is 1.47. The highest BCUT2D eigenvalue weighted by atomic mass is 32.1. The molecule has 0 atom stereocenters. The lowest BCUT2D eigenvalue weighted by Gasteiger charge is -2.34. The number of aryl methyl sites for hydroxylation is 1. The predicted molar refractivity (Wildman–Crippen MR) is 131 cm³/mol. The summed E-state index contributed by atoms with van der Waals surface area (Å²) in [5, 5.41) is 17.4. The number of amides is 2. The number of primary amides is 1. The highest BCUT2D eigenvalue weighted by Gasteiger charge is 2.38. The lowest BCUT2D eigenvalue weighted by atomic mass is 9.82. The molecule has 0 saturated heterocycles. The van der Waals surface area contributed by atoms with Crippen LogP contribution in [-0.2, 0) is 21.4 Å². The summed E-state index contributed by atoms with van der Waals surface area (Å²) in [6.45, 7) is 1.85. The lowest BCUT2D eigenvalue weighted by molar-refractivity contribution is -0.141. The molecule has 1 aromatic carbocycles. The summed E-state index contributed by atoms with van der Waals surface area (Å²) in [7, 11) is 0. The number of halogens is 3. The minimum Gasteiger partial charge on any atom is -0.383 e. The molecule has 0 radical (unpaired) electrons. The van der Waals surface area contributed by atoms with Crippen molar-refractivity contribution >= 4 is 34.8 Å². The number of nitrogens with one attached hydrogen (secondary N) is 2. The van der Waals surface area contributed by atoms with Gasteiger partial charge in [-0.15, -0.1) is 11.3 Å². The number of carbonyl (C=O) groups excluding carboxylic acids is 2. The Hall–Kier alpha value is -3.58. The lowest BCUT2D eigenvalue weighted by Crippen LogP contribution is -2.43. The summed E-state index contributed by atoms with van der Waals surface area (Å²) >= 11 is 1.33. The van der Waals surface area contributed by atoms with Gasteiger partial charge in [0, 0.05) is 24.1 Å². The van der Waals surface area contributed by atoms with E-state index in [1.807, 2.05) is 13.0 Å². The number of hydrogen-bond donors (Lipinski definition) is 4. The number of thiazole rings is 1. The van der Waals surface area contributed by atoms with E-state index in [1.165, 1.54) is 11.3 Å². The minimum absolute atomic E-state index is 0.157. The number of nitrogens with zero attached hydrogens (tertiary/aromatic N) is 3. The zero-order chi connectivity index (χ0) is 26.8. The summed E-state index contributed by atoms with van der Waals surface area (Å²) in [5.41, 5.74) is 5.00. The maximum Gasteiger partial charge on any atom is 0.433 e. The Bertz CT molecular complexity index is 1300. The minimum atomic E-state index is -4.58. The first-order valence-electron chi connectivity index (χ1n) is 11.5. The molecular weight excluding hydrogens is 509 g/mol. The molecule has 37 heavy (non-hydrogen) atoms. The molecule has 9 nitrogen and oxygen atoms in total. The monoisotopic (exact) mass is 534 g/mol. The number of hydrogen-bond acceptors (Lipinski definition) is 8. The Morgan fingerprint density at radius 2 is 1.95 bits per heavy atom. The van der Waals surface area contributed by atoms with Crippen LogP contribution in [0.3, 0.4) is 0 Å². The van der Waals surface area contributed by atoms with Crippen LogP contribution in [0.4, 0.5) is 24.8 Å². The van der Waals surface area contributed by atoms with Gasteiger partial charge in [-0.25, -0.2) is 15.0 Å². The van der Waals surface area contributed by atoms with E-state index in [4.69, 9.17) is 5.73 Å². The molecule has 0 unspecified atom stereocenters.